The molecule has 0 unspecified atom stereocenters. The molecule has 27 heavy (non-hydrogen) atoms. The highest BCUT2D eigenvalue weighted by atomic mass is 32.2. The zero-order valence-corrected chi connectivity index (χ0v) is 17.3. The summed E-state index contributed by atoms with van der Waals surface area (Å²) < 4.78 is 34.9. The number of hydrogen-bond donors (Lipinski definition) is 0. The number of sulfonamides is 1. The molecule has 1 aromatic heterocycles. The maximum absolute atomic E-state index is 13.1. The Morgan fingerprint density at radius 2 is 1.85 bits per heavy atom. The molecule has 1 fully saturated rings. The summed E-state index contributed by atoms with van der Waals surface area (Å²) in [5.74, 6) is 0.840. The minimum atomic E-state index is -3.52. The highest BCUT2D eigenvalue weighted by molar-refractivity contribution is 7.89. The number of methoxy groups -OCH3 is 1. The number of piperazine rings is 1. The van der Waals surface area contributed by atoms with E-state index < -0.39 is 10.0 Å². The number of aromatic nitrogens is 2. The van der Waals surface area contributed by atoms with Crippen molar-refractivity contribution in [1.29, 1.82) is 0 Å². The Morgan fingerprint density at radius 1 is 1.15 bits per heavy atom. The van der Waals surface area contributed by atoms with Crippen molar-refractivity contribution in [2.45, 2.75) is 38.8 Å². The molecule has 148 valence electrons. The van der Waals surface area contributed by atoms with Gasteiger partial charge in [0.05, 0.1) is 18.5 Å². The molecule has 8 heteroatoms. The molecule has 7 nitrogen and oxygen atoms in total. The van der Waals surface area contributed by atoms with Crippen molar-refractivity contribution >= 4 is 10.0 Å². The van der Waals surface area contributed by atoms with E-state index in [1.165, 1.54) is 5.56 Å². The Morgan fingerprint density at radius 3 is 2.44 bits per heavy atom. The summed E-state index contributed by atoms with van der Waals surface area (Å²) in [6.45, 7) is 9.40. The van der Waals surface area contributed by atoms with E-state index in [1.807, 2.05) is 32.0 Å². The Balaban J connectivity index is 1.69. The molecule has 1 saturated heterocycles. The lowest BCUT2D eigenvalue weighted by molar-refractivity contribution is 0.181. The van der Waals surface area contributed by atoms with Gasteiger partial charge in [-0.15, -0.1) is 0 Å². The molecule has 0 aliphatic carbocycles. The van der Waals surface area contributed by atoms with Crippen LogP contribution in [0.1, 0.15) is 23.9 Å². The molecule has 0 bridgehead atoms. The highest BCUT2D eigenvalue weighted by Gasteiger charge is 2.33. The molecule has 2 aromatic rings. The maximum Gasteiger partial charge on any atom is 0.246 e. The van der Waals surface area contributed by atoms with Crippen LogP contribution < -0.4 is 4.74 Å². The third-order valence-electron chi connectivity index (χ3n) is 5.08. The summed E-state index contributed by atoms with van der Waals surface area (Å²) in [5, 5.41) is 4.37. The molecule has 3 rings (SSSR count). The first-order chi connectivity index (χ1) is 12.9. The van der Waals surface area contributed by atoms with Crippen LogP contribution >= 0.6 is 0 Å². The summed E-state index contributed by atoms with van der Waals surface area (Å²) in [6.07, 6.45) is 0. The van der Waals surface area contributed by atoms with E-state index in [2.05, 4.69) is 16.1 Å². The normalized spacial score (nSPS) is 16.6. The average Bonchev–Trinajstić information content (AvgIpc) is 2.96. The Labute approximate surface area is 161 Å². The van der Waals surface area contributed by atoms with Crippen molar-refractivity contribution in [1.82, 2.24) is 19.0 Å². The zero-order valence-electron chi connectivity index (χ0n) is 16.5. The van der Waals surface area contributed by atoms with Gasteiger partial charge in [0.15, 0.2) is 0 Å². The standard InChI is InChI=1S/C19H28N4O3S/c1-5-23-16(3)19(15(2)20-23)27(24,25)22-11-9-21(10-12-22)14-17-7-6-8-18(13-17)26-4/h6-8,13H,5,9-12,14H2,1-4H3. The highest BCUT2D eigenvalue weighted by Crippen LogP contribution is 2.25. The van der Waals surface area contributed by atoms with Crippen LogP contribution in [0, 0.1) is 13.8 Å². The van der Waals surface area contributed by atoms with Crippen LogP contribution in [0.2, 0.25) is 0 Å². The van der Waals surface area contributed by atoms with E-state index in [1.54, 1.807) is 23.0 Å². The predicted molar refractivity (Wildman–Crippen MR) is 104 cm³/mol. The second kappa shape index (κ2) is 8.00. The first-order valence-corrected chi connectivity index (χ1v) is 10.7. The van der Waals surface area contributed by atoms with E-state index in [9.17, 15) is 8.42 Å². The van der Waals surface area contributed by atoms with Gasteiger partial charge in [-0.25, -0.2) is 8.42 Å². The second-order valence-corrected chi connectivity index (χ2v) is 8.72. The molecule has 0 spiro atoms. The van der Waals surface area contributed by atoms with Gasteiger partial charge >= 0.3 is 0 Å². The van der Waals surface area contributed by atoms with Crippen LogP contribution in [0.15, 0.2) is 29.2 Å². The predicted octanol–water partition coefficient (Wildman–Crippen LogP) is 2.03. The van der Waals surface area contributed by atoms with Crippen LogP contribution in [0.5, 0.6) is 5.75 Å². The number of nitrogens with zero attached hydrogens (tertiary/aromatic N) is 4. The quantitative estimate of drug-likeness (QED) is 0.753. The smallest absolute Gasteiger partial charge is 0.246 e. The van der Waals surface area contributed by atoms with Crippen LogP contribution in [0.4, 0.5) is 0 Å². The van der Waals surface area contributed by atoms with Crippen molar-refractivity contribution in [3.05, 3.63) is 41.2 Å². The van der Waals surface area contributed by atoms with Crippen molar-refractivity contribution in [2.24, 2.45) is 0 Å². The molecule has 1 aliphatic heterocycles. The monoisotopic (exact) mass is 392 g/mol. The number of aryl methyl sites for hydroxylation is 2. The van der Waals surface area contributed by atoms with Crippen LogP contribution in [0.3, 0.4) is 0 Å². The fourth-order valence-corrected chi connectivity index (χ4v) is 5.44. The van der Waals surface area contributed by atoms with Crippen LogP contribution in [-0.4, -0.2) is 60.7 Å². The van der Waals surface area contributed by atoms with E-state index in [-0.39, 0.29) is 0 Å². The second-order valence-electron chi connectivity index (χ2n) is 6.85. The SMILES string of the molecule is CCn1nc(C)c(S(=O)(=O)N2CCN(Cc3cccc(OC)c3)CC2)c1C. The molecule has 1 aliphatic rings. The van der Waals surface area contributed by atoms with Gasteiger partial charge in [-0.1, -0.05) is 12.1 Å². The molecule has 0 atom stereocenters. The molecule has 0 amide bonds. The number of hydrogen-bond acceptors (Lipinski definition) is 5. The minimum Gasteiger partial charge on any atom is -0.497 e. The average molecular weight is 393 g/mol. The fraction of sp³-hybridized carbons (Fsp3) is 0.526. The Hall–Kier alpha value is -1.90. The molecule has 0 N–H and O–H groups in total. The summed E-state index contributed by atoms with van der Waals surface area (Å²) in [7, 11) is -1.86. The van der Waals surface area contributed by atoms with Gasteiger partial charge in [0, 0.05) is 39.3 Å². The molecule has 0 saturated carbocycles. The lowest BCUT2D eigenvalue weighted by Gasteiger charge is -2.34. The van der Waals surface area contributed by atoms with Gasteiger partial charge in [-0.05, 0) is 38.5 Å². The van der Waals surface area contributed by atoms with Gasteiger partial charge < -0.3 is 4.74 Å². The maximum atomic E-state index is 13.1. The lowest BCUT2D eigenvalue weighted by atomic mass is 10.2. The zero-order chi connectivity index (χ0) is 19.6. The number of rotatable bonds is 6. The van der Waals surface area contributed by atoms with E-state index in [4.69, 9.17) is 4.74 Å². The van der Waals surface area contributed by atoms with Crippen molar-refractivity contribution in [3.63, 3.8) is 0 Å². The minimum absolute atomic E-state index is 0.366. The first kappa shape index (κ1) is 19.9. The molecular weight excluding hydrogens is 364 g/mol. The van der Waals surface area contributed by atoms with Gasteiger partial charge in [0.1, 0.15) is 10.6 Å². The molecule has 2 heterocycles. The number of benzene rings is 1. The van der Waals surface area contributed by atoms with Gasteiger partial charge in [0.2, 0.25) is 10.0 Å². The molecule has 0 radical (unpaired) electrons. The van der Waals surface area contributed by atoms with Crippen LogP contribution in [0.25, 0.3) is 0 Å². The summed E-state index contributed by atoms with van der Waals surface area (Å²) in [6, 6.07) is 7.99. The Bertz CT molecular complexity index is 900. The Kier molecular flexibility index (Phi) is 5.88. The van der Waals surface area contributed by atoms with Gasteiger partial charge in [-0.3, -0.25) is 9.58 Å². The lowest BCUT2D eigenvalue weighted by Crippen LogP contribution is -2.48. The summed E-state index contributed by atoms with van der Waals surface area (Å²) in [5.41, 5.74) is 2.46. The largest absolute Gasteiger partial charge is 0.497 e. The number of ether oxygens (including phenoxy) is 1. The summed E-state index contributed by atoms with van der Waals surface area (Å²) in [4.78, 5) is 2.64. The molecular formula is C19H28N4O3S. The third kappa shape index (κ3) is 4.02. The van der Waals surface area contributed by atoms with E-state index in [0.29, 0.717) is 49.0 Å². The van der Waals surface area contributed by atoms with Crippen molar-refractivity contribution < 1.29 is 13.2 Å². The van der Waals surface area contributed by atoms with Gasteiger partial charge in [0.25, 0.3) is 0 Å². The van der Waals surface area contributed by atoms with Crippen molar-refractivity contribution in [3.8, 4) is 5.75 Å². The van der Waals surface area contributed by atoms with E-state index in [0.717, 1.165) is 12.3 Å². The topological polar surface area (TPSA) is 67.7 Å². The summed E-state index contributed by atoms with van der Waals surface area (Å²) >= 11 is 0. The van der Waals surface area contributed by atoms with Gasteiger partial charge in [-0.2, -0.15) is 9.40 Å². The van der Waals surface area contributed by atoms with Crippen LogP contribution in [-0.2, 0) is 23.1 Å². The van der Waals surface area contributed by atoms with E-state index >= 15 is 0 Å². The third-order valence-corrected chi connectivity index (χ3v) is 7.24. The van der Waals surface area contributed by atoms with Crippen molar-refractivity contribution in [2.75, 3.05) is 33.3 Å². The first-order valence-electron chi connectivity index (χ1n) is 9.26. The molecule has 1 aromatic carbocycles. The fourth-order valence-electron chi connectivity index (χ4n) is 3.65.